The van der Waals surface area contributed by atoms with Crippen LogP contribution in [-0.2, 0) is 4.79 Å². The van der Waals surface area contributed by atoms with Gasteiger partial charge < -0.3 is 5.11 Å². The molecule has 1 aliphatic rings. The lowest BCUT2D eigenvalue weighted by Gasteiger charge is -2.15. The molecule has 0 bridgehead atoms. The van der Waals surface area contributed by atoms with E-state index in [9.17, 15) is 9.90 Å². The summed E-state index contributed by atoms with van der Waals surface area (Å²) in [5, 5.41) is 10.1. The molecule has 1 N–H and O–H groups in total. The molecule has 1 unspecified atom stereocenters. The highest BCUT2D eigenvalue weighted by molar-refractivity contribution is 5.82. The van der Waals surface area contributed by atoms with Gasteiger partial charge >= 0.3 is 0 Å². The average molecular weight is 325 g/mol. The number of aliphatic hydroxyl groups excluding tert-OH is 1. The summed E-state index contributed by atoms with van der Waals surface area (Å²) in [6.45, 7) is 2.18. The summed E-state index contributed by atoms with van der Waals surface area (Å²) >= 11 is 0. The molecule has 2 heteroatoms. The van der Waals surface area contributed by atoms with Crippen molar-refractivity contribution in [2.45, 2.75) is 122 Å². The van der Waals surface area contributed by atoms with E-state index in [2.05, 4.69) is 6.92 Å². The first kappa shape index (κ1) is 20.7. The monoisotopic (exact) mass is 324 g/mol. The molecule has 0 aromatic carbocycles. The Hall–Kier alpha value is -0.370. The van der Waals surface area contributed by atoms with Gasteiger partial charge in [-0.2, -0.15) is 0 Å². The van der Waals surface area contributed by atoms with Crippen molar-refractivity contribution in [1.82, 2.24) is 0 Å². The number of aliphatic hydroxyl groups is 1. The first-order valence-electron chi connectivity index (χ1n) is 10.4. The summed E-state index contributed by atoms with van der Waals surface area (Å²) in [6, 6.07) is 0. The largest absolute Gasteiger partial charge is 0.385 e. The molecular weight excluding hydrogens is 284 g/mol. The zero-order valence-corrected chi connectivity index (χ0v) is 15.5. The molecule has 0 spiro atoms. The molecule has 2 atom stereocenters. The fourth-order valence-electron chi connectivity index (χ4n) is 3.71. The number of Topliss-reactive ketones (excluding diaryl/α,β-unsaturated/α-hetero) is 1. The van der Waals surface area contributed by atoms with Crippen molar-refractivity contribution in [3.63, 3.8) is 0 Å². The van der Waals surface area contributed by atoms with E-state index in [1.807, 2.05) is 0 Å². The third-order valence-corrected chi connectivity index (χ3v) is 5.37. The predicted molar refractivity (Wildman–Crippen MR) is 98.7 cm³/mol. The van der Waals surface area contributed by atoms with Gasteiger partial charge in [-0.25, -0.2) is 0 Å². The smallest absolute Gasteiger partial charge is 0.161 e. The number of carbonyl (C=O) groups is 1. The van der Waals surface area contributed by atoms with E-state index < -0.39 is 6.10 Å². The minimum absolute atomic E-state index is 0.0752. The maximum absolute atomic E-state index is 12.0. The SMILES string of the molecule is C[C@@H]1CCCCCCCCCCCCCCCCC(=O)C(O)C1. The van der Waals surface area contributed by atoms with Crippen LogP contribution < -0.4 is 0 Å². The summed E-state index contributed by atoms with van der Waals surface area (Å²) in [5.74, 6) is 0.547. The van der Waals surface area contributed by atoms with Crippen molar-refractivity contribution >= 4 is 5.78 Å². The second-order valence-electron chi connectivity index (χ2n) is 7.81. The predicted octanol–water partition coefficient (Wildman–Crippen LogP) is 6.20. The van der Waals surface area contributed by atoms with Crippen molar-refractivity contribution in [2.24, 2.45) is 5.92 Å². The Morgan fingerprint density at radius 1 is 0.696 bits per heavy atom. The standard InChI is InChI=1S/C21H40O2/c1-19-16-14-12-10-8-6-4-2-3-5-7-9-11-13-15-17-20(22)21(23)18-19/h19,21,23H,2-18H2,1H3/t19-,21?/m1/s1. The van der Waals surface area contributed by atoms with E-state index in [1.165, 1.54) is 77.0 Å². The van der Waals surface area contributed by atoms with Gasteiger partial charge in [-0.05, 0) is 18.8 Å². The van der Waals surface area contributed by atoms with E-state index in [1.54, 1.807) is 0 Å². The van der Waals surface area contributed by atoms with Crippen LogP contribution in [0.5, 0.6) is 0 Å². The Morgan fingerprint density at radius 3 is 1.57 bits per heavy atom. The zero-order valence-electron chi connectivity index (χ0n) is 15.5. The Morgan fingerprint density at radius 2 is 1.09 bits per heavy atom. The molecule has 0 aliphatic heterocycles. The topological polar surface area (TPSA) is 37.3 Å². The summed E-state index contributed by atoms with van der Waals surface area (Å²) < 4.78 is 0. The van der Waals surface area contributed by atoms with Crippen LogP contribution in [0.3, 0.4) is 0 Å². The molecule has 1 fully saturated rings. The molecule has 0 radical (unpaired) electrons. The van der Waals surface area contributed by atoms with Crippen LogP contribution in [0.2, 0.25) is 0 Å². The van der Waals surface area contributed by atoms with Gasteiger partial charge in [-0.1, -0.05) is 96.8 Å². The minimum Gasteiger partial charge on any atom is -0.385 e. The minimum atomic E-state index is -0.712. The van der Waals surface area contributed by atoms with Gasteiger partial charge in [-0.3, -0.25) is 4.79 Å². The fraction of sp³-hybridized carbons (Fsp3) is 0.952. The second-order valence-corrected chi connectivity index (χ2v) is 7.81. The molecule has 1 rings (SSSR count). The number of carbonyl (C=O) groups excluding carboxylic acids is 1. The van der Waals surface area contributed by atoms with Gasteiger partial charge in [0.25, 0.3) is 0 Å². The lowest BCUT2D eigenvalue weighted by Crippen LogP contribution is -2.22. The highest BCUT2D eigenvalue weighted by atomic mass is 16.3. The summed E-state index contributed by atoms with van der Waals surface area (Å²) in [6.07, 6.45) is 20.1. The molecule has 0 saturated heterocycles. The highest BCUT2D eigenvalue weighted by Gasteiger charge is 2.17. The third kappa shape index (κ3) is 11.8. The van der Waals surface area contributed by atoms with Gasteiger partial charge in [0.2, 0.25) is 0 Å². The third-order valence-electron chi connectivity index (χ3n) is 5.37. The lowest BCUT2D eigenvalue weighted by molar-refractivity contribution is -0.128. The van der Waals surface area contributed by atoms with Crippen molar-refractivity contribution in [2.75, 3.05) is 0 Å². The van der Waals surface area contributed by atoms with Crippen LogP contribution >= 0.6 is 0 Å². The van der Waals surface area contributed by atoms with Crippen LogP contribution in [-0.4, -0.2) is 17.0 Å². The number of ketones is 1. The van der Waals surface area contributed by atoms with Crippen molar-refractivity contribution in [3.05, 3.63) is 0 Å². The summed E-state index contributed by atoms with van der Waals surface area (Å²) in [7, 11) is 0. The number of hydrogen-bond acceptors (Lipinski definition) is 2. The molecule has 2 nitrogen and oxygen atoms in total. The van der Waals surface area contributed by atoms with Gasteiger partial charge in [0.15, 0.2) is 5.78 Å². The maximum Gasteiger partial charge on any atom is 0.161 e. The first-order chi connectivity index (χ1) is 11.2. The molecule has 0 aromatic rings. The van der Waals surface area contributed by atoms with Crippen molar-refractivity contribution in [1.29, 1.82) is 0 Å². The van der Waals surface area contributed by atoms with Crippen LogP contribution in [0.15, 0.2) is 0 Å². The van der Waals surface area contributed by atoms with Gasteiger partial charge in [0, 0.05) is 6.42 Å². The van der Waals surface area contributed by atoms with Crippen LogP contribution in [0, 0.1) is 5.92 Å². The number of rotatable bonds is 0. The normalized spacial score (nSPS) is 29.0. The molecule has 1 aliphatic carbocycles. The first-order valence-corrected chi connectivity index (χ1v) is 10.4. The summed E-state index contributed by atoms with van der Waals surface area (Å²) in [5.41, 5.74) is 0. The molecule has 1 saturated carbocycles. The Kier molecular flexibility index (Phi) is 12.6. The van der Waals surface area contributed by atoms with E-state index in [4.69, 9.17) is 0 Å². The van der Waals surface area contributed by atoms with E-state index in [0.717, 1.165) is 19.3 Å². The van der Waals surface area contributed by atoms with Crippen LogP contribution in [0.4, 0.5) is 0 Å². The van der Waals surface area contributed by atoms with Crippen LogP contribution in [0.1, 0.15) is 116 Å². The van der Waals surface area contributed by atoms with Crippen molar-refractivity contribution < 1.29 is 9.90 Å². The average Bonchev–Trinajstić information content (AvgIpc) is 2.53. The fourth-order valence-corrected chi connectivity index (χ4v) is 3.71. The van der Waals surface area contributed by atoms with Gasteiger partial charge in [0.05, 0.1) is 0 Å². The Balaban J connectivity index is 2.27. The Bertz CT molecular complexity index is 288. The van der Waals surface area contributed by atoms with Crippen LogP contribution in [0.25, 0.3) is 0 Å². The van der Waals surface area contributed by atoms with E-state index in [0.29, 0.717) is 18.8 Å². The quantitative estimate of drug-likeness (QED) is 0.576. The molecule has 136 valence electrons. The molecule has 0 amide bonds. The Labute approximate surface area is 144 Å². The zero-order chi connectivity index (χ0) is 16.8. The van der Waals surface area contributed by atoms with E-state index in [-0.39, 0.29) is 5.78 Å². The maximum atomic E-state index is 12.0. The van der Waals surface area contributed by atoms with Gasteiger partial charge in [-0.15, -0.1) is 0 Å². The van der Waals surface area contributed by atoms with Crippen molar-refractivity contribution in [3.8, 4) is 0 Å². The molecule has 23 heavy (non-hydrogen) atoms. The highest BCUT2D eigenvalue weighted by Crippen LogP contribution is 2.19. The second kappa shape index (κ2) is 14.0. The van der Waals surface area contributed by atoms with Gasteiger partial charge in [0.1, 0.15) is 6.10 Å². The number of hydrogen-bond donors (Lipinski definition) is 1. The molecule has 0 aromatic heterocycles. The lowest BCUT2D eigenvalue weighted by atomic mass is 9.93. The van der Waals surface area contributed by atoms with E-state index >= 15 is 0 Å². The summed E-state index contributed by atoms with van der Waals surface area (Å²) in [4.78, 5) is 12.0. The molecule has 0 heterocycles. The molecular formula is C21H40O2.